The first-order chi connectivity index (χ1) is 7.84. The third-order valence-corrected chi connectivity index (χ3v) is 3.23. The van der Waals surface area contributed by atoms with Gasteiger partial charge in [0.25, 0.3) is 5.56 Å². The Hall–Kier alpha value is -1.77. The summed E-state index contributed by atoms with van der Waals surface area (Å²) in [4.78, 5) is 16.7. The molecule has 3 heteroatoms. The molecule has 1 fully saturated rings. The first kappa shape index (κ1) is 9.46. The van der Waals surface area contributed by atoms with Gasteiger partial charge in [-0.2, -0.15) is 0 Å². The van der Waals surface area contributed by atoms with Crippen LogP contribution in [0.1, 0.15) is 12.8 Å². The highest BCUT2D eigenvalue weighted by Gasteiger charge is 2.12. The lowest BCUT2D eigenvalue weighted by molar-refractivity contribution is 0.949. The van der Waals surface area contributed by atoms with Crippen molar-refractivity contribution in [2.75, 3.05) is 18.0 Å². The number of pyridine rings is 1. The van der Waals surface area contributed by atoms with E-state index < -0.39 is 0 Å². The number of aromatic amines is 1. The largest absolute Gasteiger partial charge is 0.372 e. The van der Waals surface area contributed by atoms with Crippen molar-refractivity contribution in [3.63, 3.8) is 0 Å². The van der Waals surface area contributed by atoms with Crippen molar-refractivity contribution in [1.82, 2.24) is 4.98 Å². The summed E-state index contributed by atoms with van der Waals surface area (Å²) in [5, 5.41) is 1.79. The van der Waals surface area contributed by atoms with Gasteiger partial charge in [-0.15, -0.1) is 0 Å². The van der Waals surface area contributed by atoms with Crippen LogP contribution in [0.4, 0.5) is 5.69 Å². The molecule has 1 aromatic carbocycles. The Kier molecular flexibility index (Phi) is 2.17. The SMILES string of the molecule is O=c1[nH]ccc2ccc(N3CCCC3)cc12. The highest BCUT2D eigenvalue weighted by atomic mass is 16.1. The van der Waals surface area contributed by atoms with E-state index in [0.29, 0.717) is 0 Å². The summed E-state index contributed by atoms with van der Waals surface area (Å²) < 4.78 is 0. The summed E-state index contributed by atoms with van der Waals surface area (Å²) in [6.07, 6.45) is 4.20. The smallest absolute Gasteiger partial charge is 0.255 e. The van der Waals surface area contributed by atoms with E-state index in [0.717, 1.165) is 23.9 Å². The summed E-state index contributed by atoms with van der Waals surface area (Å²) in [6.45, 7) is 2.21. The van der Waals surface area contributed by atoms with E-state index >= 15 is 0 Å². The molecule has 0 unspecified atom stereocenters. The molecule has 16 heavy (non-hydrogen) atoms. The van der Waals surface area contributed by atoms with Crippen LogP contribution < -0.4 is 10.5 Å². The lowest BCUT2D eigenvalue weighted by Crippen LogP contribution is -2.17. The first-order valence-electron chi connectivity index (χ1n) is 5.71. The van der Waals surface area contributed by atoms with Crippen LogP contribution in [0, 0.1) is 0 Å². The molecule has 1 aliphatic rings. The van der Waals surface area contributed by atoms with Crippen LogP contribution in [0.2, 0.25) is 0 Å². The van der Waals surface area contributed by atoms with E-state index in [4.69, 9.17) is 0 Å². The normalized spacial score (nSPS) is 15.9. The van der Waals surface area contributed by atoms with E-state index in [1.807, 2.05) is 18.2 Å². The Morgan fingerprint density at radius 1 is 1.12 bits per heavy atom. The molecular weight excluding hydrogens is 200 g/mol. The Morgan fingerprint density at radius 2 is 1.94 bits per heavy atom. The molecule has 3 nitrogen and oxygen atoms in total. The van der Waals surface area contributed by atoms with Gasteiger partial charge in [0.15, 0.2) is 0 Å². The number of benzene rings is 1. The molecule has 0 aliphatic carbocycles. The number of nitrogens with one attached hydrogen (secondary N) is 1. The van der Waals surface area contributed by atoms with Gasteiger partial charge in [-0.25, -0.2) is 0 Å². The predicted molar refractivity (Wildman–Crippen MR) is 66.0 cm³/mol. The average Bonchev–Trinajstić information content (AvgIpc) is 2.83. The van der Waals surface area contributed by atoms with Crippen molar-refractivity contribution in [3.05, 3.63) is 40.8 Å². The molecule has 1 aromatic heterocycles. The van der Waals surface area contributed by atoms with Crippen molar-refractivity contribution in [1.29, 1.82) is 0 Å². The van der Waals surface area contributed by atoms with Crippen molar-refractivity contribution >= 4 is 16.5 Å². The number of H-pyrrole nitrogens is 1. The number of rotatable bonds is 1. The van der Waals surface area contributed by atoms with E-state index in [9.17, 15) is 4.79 Å². The second-order valence-corrected chi connectivity index (χ2v) is 4.27. The van der Waals surface area contributed by atoms with Gasteiger partial charge in [-0.05, 0) is 36.4 Å². The van der Waals surface area contributed by atoms with E-state index in [2.05, 4.69) is 16.0 Å². The third-order valence-electron chi connectivity index (χ3n) is 3.23. The van der Waals surface area contributed by atoms with Gasteiger partial charge in [-0.3, -0.25) is 4.79 Å². The molecule has 0 spiro atoms. The highest BCUT2D eigenvalue weighted by molar-refractivity contribution is 5.84. The van der Waals surface area contributed by atoms with Crippen LogP contribution in [0.15, 0.2) is 35.3 Å². The minimum absolute atomic E-state index is 0.00135. The highest BCUT2D eigenvalue weighted by Crippen LogP contribution is 2.23. The molecule has 0 atom stereocenters. The molecule has 3 rings (SSSR count). The van der Waals surface area contributed by atoms with Crippen molar-refractivity contribution in [2.45, 2.75) is 12.8 Å². The maximum Gasteiger partial charge on any atom is 0.255 e. The van der Waals surface area contributed by atoms with Gasteiger partial charge in [0.2, 0.25) is 0 Å². The lowest BCUT2D eigenvalue weighted by atomic mass is 10.1. The molecule has 0 radical (unpaired) electrons. The molecule has 1 N–H and O–H groups in total. The monoisotopic (exact) mass is 214 g/mol. The maximum atomic E-state index is 11.7. The Balaban J connectivity index is 2.14. The molecule has 2 aromatic rings. The third kappa shape index (κ3) is 1.48. The topological polar surface area (TPSA) is 36.1 Å². The second kappa shape index (κ2) is 3.67. The maximum absolute atomic E-state index is 11.7. The van der Waals surface area contributed by atoms with Gasteiger partial charge < -0.3 is 9.88 Å². The van der Waals surface area contributed by atoms with Crippen LogP contribution in [0.3, 0.4) is 0 Å². The Bertz CT molecular complexity index is 567. The Labute approximate surface area is 93.7 Å². The van der Waals surface area contributed by atoms with Gasteiger partial charge in [0, 0.05) is 30.4 Å². The number of nitrogens with zero attached hydrogens (tertiary/aromatic N) is 1. The summed E-state index contributed by atoms with van der Waals surface area (Å²) in [7, 11) is 0. The fourth-order valence-electron chi connectivity index (χ4n) is 2.34. The van der Waals surface area contributed by atoms with Crippen LogP contribution in [0.5, 0.6) is 0 Å². The molecule has 0 saturated carbocycles. The Morgan fingerprint density at radius 3 is 2.75 bits per heavy atom. The summed E-state index contributed by atoms with van der Waals surface area (Å²) in [5.41, 5.74) is 1.17. The molecule has 0 amide bonds. The minimum Gasteiger partial charge on any atom is -0.372 e. The molecule has 0 bridgehead atoms. The van der Waals surface area contributed by atoms with Gasteiger partial charge in [-0.1, -0.05) is 6.07 Å². The number of hydrogen-bond donors (Lipinski definition) is 1. The van der Waals surface area contributed by atoms with Crippen LogP contribution >= 0.6 is 0 Å². The second-order valence-electron chi connectivity index (χ2n) is 4.27. The van der Waals surface area contributed by atoms with E-state index in [1.54, 1.807) is 6.20 Å². The van der Waals surface area contributed by atoms with Crippen molar-refractivity contribution < 1.29 is 0 Å². The zero-order valence-electron chi connectivity index (χ0n) is 9.07. The summed E-state index contributed by atoms with van der Waals surface area (Å²) >= 11 is 0. The fourth-order valence-corrected chi connectivity index (χ4v) is 2.34. The quantitative estimate of drug-likeness (QED) is 0.789. The van der Waals surface area contributed by atoms with Gasteiger partial charge >= 0.3 is 0 Å². The predicted octanol–water partition coefficient (Wildman–Crippen LogP) is 2.13. The molecule has 2 heterocycles. The number of aromatic nitrogens is 1. The molecule has 1 aliphatic heterocycles. The van der Waals surface area contributed by atoms with Gasteiger partial charge in [0.05, 0.1) is 0 Å². The molecular formula is C13H14N2O. The van der Waals surface area contributed by atoms with Gasteiger partial charge in [0.1, 0.15) is 0 Å². The summed E-state index contributed by atoms with van der Waals surface area (Å²) in [6, 6.07) is 8.06. The molecule has 82 valence electrons. The fraction of sp³-hybridized carbons (Fsp3) is 0.308. The van der Waals surface area contributed by atoms with Crippen LogP contribution in [-0.2, 0) is 0 Å². The molecule has 1 saturated heterocycles. The number of hydrogen-bond acceptors (Lipinski definition) is 2. The number of fused-ring (bicyclic) bond motifs is 1. The number of anilines is 1. The average molecular weight is 214 g/mol. The first-order valence-corrected chi connectivity index (χ1v) is 5.71. The van der Waals surface area contributed by atoms with Crippen LogP contribution in [0.25, 0.3) is 10.8 Å². The minimum atomic E-state index is -0.00135. The van der Waals surface area contributed by atoms with Crippen molar-refractivity contribution in [2.24, 2.45) is 0 Å². The standard InChI is InChI=1S/C13H14N2O/c16-13-12-9-11(15-7-1-2-8-15)4-3-10(12)5-6-14-13/h3-6,9H,1-2,7-8H2,(H,14,16). The summed E-state index contributed by atoms with van der Waals surface area (Å²) in [5.74, 6) is 0. The zero-order chi connectivity index (χ0) is 11.0. The zero-order valence-corrected chi connectivity index (χ0v) is 9.07. The van der Waals surface area contributed by atoms with Crippen molar-refractivity contribution in [3.8, 4) is 0 Å². The van der Waals surface area contributed by atoms with E-state index in [1.165, 1.54) is 18.5 Å². The lowest BCUT2D eigenvalue weighted by Gasteiger charge is -2.17. The van der Waals surface area contributed by atoms with E-state index in [-0.39, 0.29) is 5.56 Å². The van der Waals surface area contributed by atoms with Crippen LogP contribution in [-0.4, -0.2) is 18.1 Å².